The summed E-state index contributed by atoms with van der Waals surface area (Å²) in [6.07, 6.45) is 0. The average Bonchev–Trinajstić information content (AvgIpc) is 2.31. The van der Waals surface area contributed by atoms with Crippen molar-refractivity contribution >= 4 is 23.1 Å². The highest BCUT2D eigenvalue weighted by Gasteiger charge is 2.01. The van der Waals surface area contributed by atoms with Gasteiger partial charge < -0.3 is 5.73 Å². The Morgan fingerprint density at radius 2 is 2.36 bits per heavy atom. The van der Waals surface area contributed by atoms with E-state index in [0.29, 0.717) is 0 Å². The van der Waals surface area contributed by atoms with E-state index < -0.39 is 0 Å². The van der Waals surface area contributed by atoms with Crippen LogP contribution < -0.4 is 5.73 Å². The second-order valence-corrected chi connectivity index (χ2v) is 4.82. The van der Waals surface area contributed by atoms with Crippen LogP contribution in [0.5, 0.6) is 0 Å². The molecule has 0 saturated carbocycles. The van der Waals surface area contributed by atoms with Crippen LogP contribution >= 0.6 is 23.1 Å². The molecule has 0 spiro atoms. The zero-order valence-electron chi connectivity index (χ0n) is 6.57. The first-order valence-electron chi connectivity index (χ1n) is 3.37. The summed E-state index contributed by atoms with van der Waals surface area (Å²) < 4.78 is 1.01. The Morgan fingerprint density at radius 1 is 1.64 bits per heavy atom. The molecular weight excluding hydrogens is 178 g/mol. The van der Waals surface area contributed by atoms with Gasteiger partial charge >= 0.3 is 0 Å². The number of nitrogens with zero attached hydrogens (tertiary/aromatic N) is 2. The Labute approximate surface area is 74.4 Å². The minimum Gasteiger partial charge on any atom is -0.327 e. The van der Waals surface area contributed by atoms with Crippen molar-refractivity contribution in [3.8, 4) is 0 Å². The molecule has 0 radical (unpaired) electrons. The molecule has 1 aromatic rings. The van der Waals surface area contributed by atoms with Gasteiger partial charge in [-0.15, -0.1) is 10.2 Å². The van der Waals surface area contributed by atoms with Crippen molar-refractivity contribution in [2.24, 2.45) is 5.73 Å². The van der Waals surface area contributed by atoms with Crippen molar-refractivity contribution in [2.75, 3.05) is 5.75 Å². The Bertz CT molecular complexity index is 221. The lowest BCUT2D eigenvalue weighted by atomic mass is 10.4. The summed E-state index contributed by atoms with van der Waals surface area (Å²) in [7, 11) is 0. The van der Waals surface area contributed by atoms with E-state index in [1.165, 1.54) is 0 Å². The molecule has 0 aliphatic carbocycles. The molecule has 0 aromatic carbocycles. The van der Waals surface area contributed by atoms with Gasteiger partial charge in [0.05, 0.1) is 0 Å². The minimum absolute atomic E-state index is 0.226. The van der Waals surface area contributed by atoms with Crippen molar-refractivity contribution in [3.05, 3.63) is 5.01 Å². The third kappa shape index (κ3) is 3.18. The standard InChI is InChI=1S/C6H11N3S2/c1-4(7)3-10-6-9-8-5(2)11-6/h4H,3,7H2,1-2H3/t4-/m1/s1. The van der Waals surface area contributed by atoms with E-state index in [0.717, 1.165) is 15.1 Å². The highest BCUT2D eigenvalue weighted by atomic mass is 32.2. The monoisotopic (exact) mass is 189 g/mol. The van der Waals surface area contributed by atoms with Crippen molar-refractivity contribution in [1.29, 1.82) is 0 Å². The number of nitrogens with two attached hydrogens (primary N) is 1. The van der Waals surface area contributed by atoms with Gasteiger partial charge in [-0.1, -0.05) is 23.1 Å². The van der Waals surface area contributed by atoms with Crippen molar-refractivity contribution in [2.45, 2.75) is 24.2 Å². The van der Waals surface area contributed by atoms with Crippen LogP contribution in [0.3, 0.4) is 0 Å². The van der Waals surface area contributed by atoms with E-state index >= 15 is 0 Å². The first-order chi connectivity index (χ1) is 5.18. The Kier molecular flexibility index (Phi) is 3.29. The lowest BCUT2D eigenvalue weighted by molar-refractivity contribution is 0.845. The van der Waals surface area contributed by atoms with Crippen LogP contribution in [-0.4, -0.2) is 22.0 Å². The van der Waals surface area contributed by atoms with Gasteiger partial charge in [0.1, 0.15) is 5.01 Å². The zero-order chi connectivity index (χ0) is 8.27. The number of rotatable bonds is 3. The molecule has 0 bridgehead atoms. The normalized spacial score (nSPS) is 13.4. The molecule has 0 fully saturated rings. The molecule has 0 aliphatic rings. The molecule has 0 unspecified atom stereocenters. The first kappa shape index (κ1) is 8.96. The van der Waals surface area contributed by atoms with E-state index in [1.807, 2.05) is 13.8 Å². The molecule has 1 atom stereocenters. The summed E-state index contributed by atoms with van der Waals surface area (Å²) in [5, 5.41) is 8.88. The van der Waals surface area contributed by atoms with Gasteiger partial charge in [-0.2, -0.15) is 0 Å². The van der Waals surface area contributed by atoms with Crippen LogP contribution in [0.1, 0.15) is 11.9 Å². The number of thioether (sulfide) groups is 1. The van der Waals surface area contributed by atoms with Gasteiger partial charge in [-0.3, -0.25) is 0 Å². The smallest absolute Gasteiger partial charge is 0.174 e. The van der Waals surface area contributed by atoms with Crippen molar-refractivity contribution < 1.29 is 0 Å². The molecule has 0 aliphatic heterocycles. The molecule has 0 amide bonds. The predicted octanol–water partition coefficient (Wildman–Crippen LogP) is 1.29. The average molecular weight is 189 g/mol. The fraction of sp³-hybridized carbons (Fsp3) is 0.667. The van der Waals surface area contributed by atoms with Crippen molar-refractivity contribution in [3.63, 3.8) is 0 Å². The second-order valence-electron chi connectivity index (χ2n) is 2.38. The molecule has 62 valence electrons. The molecule has 1 heterocycles. The minimum atomic E-state index is 0.226. The molecule has 1 rings (SSSR count). The summed E-state index contributed by atoms with van der Waals surface area (Å²) in [5.74, 6) is 0.911. The maximum atomic E-state index is 5.58. The molecule has 11 heavy (non-hydrogen) atoms. The number of aryl methyl sites for hydroxylation is 1. The van der Waals surface area contributed by atoms with E-state index in [-0.39, 0.29) is 6.04 Å². The third-order valence-corrected chi connectivity index (χ3v) is 3.24. The van der Waals surface area contributed by atoms with Gasteiger partial charge in [-0.25, -0.2) is 0 Å². The summed E-state index contributed by atoms with van der Waals surface area (Å²) in [4.78, 5) is 0. The number of hydrogen-bond donors (Lipinski definition) is 1. The second kappa shape index (κ2) is 4.04. The Balaban J connectivity index is 2.39. The Hall–Kier alpha value is -0.130. The van der Waals surface area contributed by atoms with Crippen LogP contribution in [0.4, 0.5) is 0 Å². The number of hydrogen-bond acceptors (Lipinski definition) is 5. The summed E-state index contributed by atoms with van der Waals surface area (Å²) in [6, 6.07) is 0.226. The predicted molar refractivity (Wildman–Crippen MR) is 49.0 cm³/mol. The SMILES string of the molecule is Cc1nnc(SC[C@@H](C)N)s1. The van der Waals surface area contributed by atoms with Gasteiger partial charge in [0.25, 0.3) is 0 Å². The highest BCUT2D eigenvalue weighted by molar-refractivity contribution is 8.01. The quantitative estimate of drug-likeness (QED) is 0.728. The lowest BCUT2D eigenvalue weighted by Gasteiger charge is -1.99. The summed E-state index contributed by atoms with van der Waals surface area (Å²) in [6.45, 7) is 3.94. The maximum Gasteiger partial charge on any atom is 0.174 e. The van der Waals surface area contributed by atoms with E-state index in [2.05, 4.69) is 10.2 Å². The fourth-order valence-electron chi connectivity index (χ4n) is 0.539. The van der Waals surface area contributed by atoms with Crippen LogP contribution in [0, 0.1) is 6.92 Å². The van der Waals surface area contributed by atoms with Gasteiger partial charge in [0.2, 0.25) is 0 Å². The number of aromatic nitrogens is 2. The molecule has 5 heteroatoms. The van der Waals surface area contributed by atoms with Crippen LogP contribution in [0.25, 0.3) is 0 Å². The van der Waals surface area contributed by atoms with E-state index in [4.69, 9.17) is 5.73 Å². The van der Waals surface area contributed by atoms with E-state index in [9.17, 15) is 0 Å². The molecule has 3 nitrogen and oxygen atoms in total. The molecular formula is C6H11N3S2. The lowest BCUT2D eigenvalue weighted by Crippen LogP contribution is -2.17. The molecule has 0 saturated heterocycles. The van der Waals surface area contributed by atoms with Crippen LogP contribution in [-0.2, 0) is 0 Å². The highest BCUT2D eigenvalue weighted by Crippen LogP contribution is 2.21. The van der Waals surface area contributed by atoms with Gasteiger partial charge in [0, 0.05) is 11.8 Å². The van der Waals surface area contributed by atoms with Crippen LogP contribution in [0.2, 0.25) is 0 Å². The fourth-order valence-corrected chi connectivity index (χ4v) is 2.26. The van der Waals surface area contributed by atoms with Crippen LogP contribution in [0.15, 0.2) is 4.34 Å². The first-order valence-corrected chi connectivity index (χ1v) is 5.17. The Morgan fingerprint density at radius 3 is 2.82 bits per heavy atom. The molecule has 2 N–H and O–H groups in total. The largest absolute Gasteiger partial charge is 0.327 e. The topological polar surface area (TPSA) is 51.8 Å². The molecule has 1 aromatic heterocycles. The van der Waals surface area contributed by atoms with Gasteiger partial charge in [-0.05, 0) is 13.8 Å². The van der Waals surface area contributed by atoms with E-state index in [1.54, 1.807) is 23.1 Å². The zero-order valence-corrected chi connectivity index (χ0v) is 8.21. The summed E-state index contributed by atoms with van der Waals surface area (Å²) >= 11 is 3.28. The maximum absolute atomic E-state index is 5.58. The summed E-state index contributed by atoms with van der Waals surface area (Å²) in [5.41, 5.74) is 5.58. The van der Waals surface area contributed by atoms with Crippen molar-refractivity contribution in [1.82, 2.24) is 10.2 Å². The third-order valence-electron chi connectivity index (χ3n) is 0.977. The van der Waals surface area contributed by atoms with Gasteiger partial charge in [0.15, 0.2) is 4.34 Å².